The van der Waals surface area contributed by atoms with Gasteiger partial charge in [-0.05, 0) is 30.9 Å². The summed E-state index contributed by atoms with van der Waals surface area (Å²) < 4.78 is 13.4. The Bertz CT molecular complexity index is 447. The molecule has 0 spiro atoms. The van der Waals surface area contributed by atoms with Crippen molar-refractivity contribution in [2.24, 2.45) is 5.92 Å². The molecule has 18 heavy (non-hydrogen) atoms. The number of benzene rings is 1. The topological polar surface area (TPSA) is 55.2 Å². The van der Waals surface area contributed by atoms with Crippen LogP contribution in [0.1, 0.15) is 32.8 Å². The minimum atomic E-state index is -0.558. The first-order valence-electron chi connectivity index (χ1n) is 6.07. The largest absolute Gasteiger partial charge is 0.377 e. The summed E-state index contributed by atoms with van der Waals surface area (Å²) in [5.41, 5.74) is 0.582. The van der Waals surface area contributed by atoms with Crippen molar-refractivity contribution < 1.29 is 9.31 Å². The summed E-state index contributed by atoms with van der Waals surface area (Å²) >= 11 is 0. The lowest BCUT2D eigenvalue weighted by Crippen LogP contribution is -2.25. The third-order valence-corrected chi connectivity index (χ3v) is 3.06. The first kappa shape index (κ1) is 14.4. The molecule has 1 rings (SSSR count). The smallest absolute Gasteiger partial charge is 0.295 e. The van der Waals surface area contributed by atoms with Crippen molar-refractivity contribution >= 4 is 11.4 Å². The van der Waals surface area contributed by atoms with E-state index in [0.717, 1.165) is 12.5 Å². The number of nitrogens with one attached hydrogen (secondary N) is 1. The third-order valence-electron chi connectivity index (χ3n) is 3.06. The Morgan fingerprint density at radius 3 is 2.50 bits per heavy atom. The van der Waals surface area contributed by atoms with Crippen molar-refractivity contribution in [1.29, 1.82) is 0 Å². The fourth-order valence-electron chi connectivity index (χ4n) is 1.88. The van der Waals surface area contributed by atoms with Crippen LogP contribution in [-0.4, -0.2) is 11.0 Å². The van der Waals surface area contributed by atoms with Crippen LogP contribution in [-0.2, 0) is 0 Å². The van der Waals surface area contributed by atoms with Crippen LogP contribution < -0.4 is 5.32 Å². The molecule has 0 saturated heterocycles. The van der Waals surface area contributed by atoms with Gasteiger partial charge in [-0.3, -0.25) is 10.1 Å². The fourth-order valence-corrected chi connectivity index (χ4v) is 1.88. The van der Waals surface area contributed by atoms with Crippen LogP contribution in [0, 0.1) is 28.8 Å². The highest BCUT2D eigenvalue weighted by Crippen LogP contribution is 2.29. The molecule has 0 radical (unpaired) electrons. The van der Waals surface area contributed by atoms with Crippen molar-refractivity contribution in [3.63, 3.8) is 0 Å². The molecule has 0 heterocycles. The molecular formula is C13H19FN2O2. The average Bonchev–Trinajstić information content (AvgIpc) is 2.29. The zero-order chi connectivity index (χ0) is 13.9. The zero-order valence-corrected chi connectivity index (χ0v) is 11.2. The van der Waals surface area contributed by atoms with Gasteiger partial charge >= 0.3 is 0 Å². The molecule has 1 aromatic carbocycles. The molecular weight excluding hydrogens is 235 g/mol. The maximum Gasteiger partial charge on any atom is 0.295 e. The predicted molar refractivity (Wildman–Crippen MR) is 70.3 cm³/mol. The van der Waals surface area contributed by atoms with Crippen LogP contribution in [0.15, 0.2) is 12.1 Å². The molecule has 1 N–H and O–H groups in total. The van der Waals surface area contributed by atoms with E-state index in [-0.39, 0.29) is 11.7 Å². The quantitative estimate of drug-likeness (QED) is 0.640. The molecule has 0 aliphatic rings. The number of hydrogen-bond acceptors (Lipinski definition) is 3. The van der Waals surface area contributed by atoms with Gasteiger partial charge in [0.15, 0.2) is 0 Å². The second-order valence-electron chi connectivity index (χ2n) is 4.78. The van der Waals surface area contributed by atoms with Crippen LogP contribution in [0.3, 0.4) is 0 Å². The van der Waals surface area contributed by atoms with Crippen LogP contribution in [0.5, 0.6) is 0 Å². The molecule has 0 bridgehead atoms. The van der Waals surface area contributed by atoms with Gasteiger partial charge in [0.05, 0.1) is 11.0 Å². The SMILES string of the molecule is CCC(Nc1cc(C)c(F)cc1[N+](=O)[O-])C(C)C. The van der Waals surface area contributed by atoms with E-state index in [4.69, 9.17) is 0 Å². The van der Waals surface area contributed by atoms with Crippen molar-refractivity contribution in [3.05, 3.63) is 33.6 Å². The van der Waals surface area contributed by atoms with E-state index in [1.54, 1.807) is 6.92 Å². The summed E-state index contributed by atoms with van der Waals surface area (Å²) in [4.78, 5) is 10.4. The van der Waals surface area contributed by atoms with Crippen LogP contribution in [0.25, 0.3) is 0 Å². The van der Waals surface area contributed by atoms with Gasteiger partial charge in [-0.25, -0.2) is 4.39 Å². The fraction of sp³-hybridized carbons (Fsp3) is 0.538. The Morgan fingerprint density at radius 2 is 2.06 bits per heavy atom. The lowest BCUT2D eigenvalue weighted by atomic mass is 10.0. The highest BCUT2D eigenvalue weighted by Gasteiger charge is 2.20. The Hall–Kier alpha value is -1.65. The molecule has 4 nitrogen and oxygen atoms in total. The predicted octanol–water partition coefficient (Wildman–Crippen LogP) is 3.89. The van der Waals surface area contributed by atoms with E-state index in [9.17, 15) is 14.5 Å². The second-order valence-corrected chi connectivity index (χ2v) is 4.78. The van der Waals surface area contributed by atoms with Crippen LogP contribution in [0.2, 0.25) is 0 Å². The highest BCUT2D eigenvalue weighted by molar-refractivity contribution is 5.63. The molecule has 0 aliphatic carbocycles. The van der Waals surface area contributed by atoms with Gasteiger partial charge in [0, 0.05) is 6.04 Å². The summed E-state index contributed by atoms with van der Waals surface area (Å²) in [6, 6.07) is 2.61. The molecule has 0 aliphatic heterocycles. The van der Waals surface area contributed by atoms with E-state index >= 15 is 0 Å². The molecule has 100 valence electrons. The summed E-state index contributed by atoms with van der Waals surface area (Å²) in [6.07, 6.45) is 0.852. The van der Waals surface area contributed by atoms with Gasteiger partial charge in [0.2, 0.25) is 0 Å². The van der Waals surface area contributed by atoms with Crippen molar-refractivity contribution in [2.75, 3.05) is 5.32 Å². The van der Waals surface area contributed by atoms with Gasteiger partial charge in [0.1, 0.15) is 11.5 Å². The standard InChI is InChI=1S/C13H19FN2O2/c1-5-11(8(2)3)15-12-6-9(4)10(14)7-13(12)16(17)18/h6-8,11,15H,5H2,1-4H3. The van der Waals surface area contributed by atoms with E-state index in [1.807, 2.05) is 20.8 Å². The van der Waals surface area contributed by atoms with Gasteiger partial charge < -0.3 is 5.32 Å². The molecule has 1 atom stereocenters. The summed E-state index contributed by atoms with van der Waals surface area (Å²) in [5.74, 6) is -0.204. The van der Waals surface area contributed by atoms with E-state index in [2.05, 4.69) is 5.32 Å². The first-order valence-corrected chi connectivity index (χ1v) is 6.07. The molecule has 0 aromatic heterocycles. The number of hydrogen-bond donors (Lipinski definition) is 1. The lowest BCUT2D eigenvalue weighted by Gasteiger charge is -2.22. The van der Waals surface area contributed by atoms with Gasteiger partial charge in [0.25, 0.3) is 5.69 Å². The van der Waals surface area contributed by atoms with Gasteiger partial charge in [-0.1, -0.05) is 20.8 Å². The Labute approximate surface area is 106 Å². The number of anilines is 1. The number of rotatable bonds is 5. The molecule has 0 amide bonds. The lowest BCUT2D eigenvalue weighted by molar-refractivity contribution is -0.384. The van der Waals surface area contributed by atoms with Crippen molar-refractivity contribution in [3.8, 4) is 0 Å². The van der Waals surface area contributed by atoms with E-state index < -0.39 is 10.7 Å². The normalized spacial score (nSPS) is 12.6. The summed E-state index contributed by atoms with van der Waals surface area (Å²) in [7, 11) is 0. The summed E-state index contributed by atoms with van der Waals surface area (Å²) in [6.45, 7) is 7.70. The maximum atomic E-state index is 13.4. The third kappa shape index (κ3) is 3.18. The molecule has 1 aromatic rings. The minimum Gasteiger partial charge on any atom is -0.377 e. The minimum absolute atomic E-state index is 0.133. The molecule has 5 heteroatoms. The maximum absolute atomic E-state index is 13.4. The highest BCUT2D eigenvalue weighted by atomic mass is 19.1. The van der Waals surface area contributed by atoms with Crippen molar-refractivity contribution in [2.45, 2.75) is 40.2 Å². The number of nitro benzene ring substituents is 1. The average molecular weight is 254 g/mol. The van der Waals surface area contributed by atoms with E-state index in [1.165, 1.54) is 6.07 Å². The summed E-state index contributed by atoms with van der Waals surface area (Å²) in [5, 5.41) is 14.1. The number of aryl methyl sites for hydroxylation is 1. The molecule has 0 saturated carbocycles. The number of halogens is 1. The van der Waals surface area contributed by atoms with E-state index in [0.29, 0.717) is 17.2 Å². The Kier molecular flexibility index (Phi) is 4.64. The zero-order valence-electron chi connectivity index (χ0n) is 11.2. The van der Waals surface area contributed by atoms with Gasteiger partial charge in [-0.15, -0.1) is 0 Å². The Morgan fingerprint density at radius 1 is 1.44 bits per heavy atom. The number of nitrogens with zero attached hydrogens (tertiary/aromatic N) is 1. The van der Waals surface area contributed by atoms with Gasteiger partial charge in [-0.2, -0.15) is 0 Å². The van der Waals surface area contributed by atoms with Crippen molar-refractivity contribution in [1.82, 2.24) is 0 Å². The second kappa shape index (κ2) is 5.80. The van der Waals surface area contributed by atoms with Crippen LogP contribution in [0.4, 0.5) is 15.8 Å². The molecule has 1 unspecified atom stereocenters. The monoisotopic (exact) mass is 254 g/mol. The molecule has 0 fully saturated rings. The Balaban J connectivity index is 3.14. The number of nitro groups is 1. The van der Waals surface area contributed by atoms with Crippen LogP contribution >= 0.6 is 0 Å². The first-order chi connectivity index (χ1) is 8.36.